The van der Waals surface area contributed by atoms with Gasteiger partial charge in [-0.05, 0) is 31.8 Å². The van der Waals surface area contributed by atoms with Gasteiger partial charge in [-0.25, -0.2) is 0 Å². The molecule has 118 valence electrons. The third-order valence-electron chi connectivity index (χ3n) is 3.70. The van der Waals surface area contributed by atoms with E-state index in [2.05, 4.69) is 20.5 Å². The van der Waals surface area contributed by atoms with Gasteiger partial charge in [-0.1, -0.05) is 0 Å². The van der Waals surface area contributed by atoms with Crippen molar-refractivity contribution in [2.45, 2.75) is 12.8 Å². The normalized spacial score (nSPS) is 18.2. The van der Waals surface area contributed by atoms with Gasteiger partial charge in [-0.15, -0.1) is 0 Å². The Bertz CT molecular complexity index is 266. The molecule has 0 bridgehead atoms. The molecule has 6 nitrogen and oxygen atoms in total. The van der Waals surface area contributed by atoms with Gasteiger partial charge in [0.05, 0.1) is 13.2 Å². The van der Waals surface area contributed by atoms with Crippen molar-refractivity contribution in [2.75, 3.05) is 67.2 Å². The van der Waals surface area contributed by atoms with Gasteiger partial charge in [-0.3, -0.25) is 4.99 Å². The summed E-state index contributed by atoms with van der Waals surface area (Å²) >= 11 is 0. The molecule has 2 N–H and O–H groups in total. The lowest BCUT2D eigenvalue weighted by Gasteiger charge is -2.32. The molecule has 0 aromatic heterocycles. The van der Waals surface area contributed by atoms with Crippen LogP contribution in [0.4, 0.5) is 0 Å². The topological polar surface area (TPSA) is 58.1 Å². The van der Waals surface area contributed by atoms with E-state index in [1.54, 1.807) is 21.3 Å². The molecule has 1 rings (SSSR count). The second-order valence-electron chi connectivity index (χ2n) is 5.15. The number of hydrogen-bond donors (Lipinski definition) is 2. The third-order valence-corrected chi connectivity index (χ3v) is 3.70. The first-order valence-corrected chi connectivity index (χ1v) is 7.45. The maximum Gasteiger partial charge on any atom is 0.191 e. The second-order valence-corrected chi connectivity index (χ2v) is 5.15. The summed E-state index contributed by atoms with van der Waals surface area (Å²) in [6.45, 7) is 6.70. The first kappa shape index (κ1) is 17.2. The number of hydrogen-bond acceptors (Lipinski definition) is 4. The number of ether oxygens (including phenoxy) is 2. The van der Waals surface area contributed by atoms with Gasteiger partial charge in [0, 0.05) is 40.9 Å². The molecule has 1 saturated heterocycles. The molecule has 0 unspecified atom stereocenters. The number of methoxy groups -OCH3 is 2. The van der Waals surface area contributed by atoms with Crippen LogP contribution in [0.1, 0.15) is 12.8 Å². The number of nitrogens with zero attached hydrogens (tertiary/aromatic N) is 2. The van der Waals surface area contributed by atoms with Crippen LogP contribution in [0, 0.1) is 5.92 Å². The molecule has 1 aliphatic rings. The van der Waals surface area contributed by atoms with Gasteiger partial charge in [0.15, 0.2) is 5.96 Å². The number of nitrogens with one attached hydrogen (secondary N) is 2. The summed E-state index contributed by atoms with van der Waals surface area (Å²) < 4.78 is 10.1. The van der Waals surface area contributed by atoms with Crippen molar-refractivity contribution in [3.8, 4) is 0 Å². The summed E-state index contributed by atoms with van der Waals surface area (Å²) in [5, 5.41) is 6.63. The van der Waals surface area contributed by atoms with Crippen LogP contribution in [0.5, 0.6) is 0 Å². The van der Waals surface area contributed by atoms with E-state index in [-0.39, 0.29) is 0 Å². The summed E-state index contributed by atoms with van der Waals surface area (Å²) in [6.07, 6.45) is 2.48. The Kier molecular flexibility index (Phi) is 9.36. The van der Waals surface area contributed by atoms with Gasteiger partial charge < -0.3 is 25.0 Å². The monoisotopic (exact) mass is 286 g/mol. The smallest absolute Gasteiger partial charge is 0.191 e. The maximum absolute atomic E-state index is 5.12. The molecule has 0 amide bonds. The molecule has 0 spiro atoms. The van der Waals surface area contributed by atoms with Crippen LogP contribution in [0.2, 0.25) is 0 Å². The van der Waals surface area contributed by atoms with Crippen molar-refractivity contribution in [3.05, 3.63) is 0 Å². The molecule has 20 heavy (non-hydrogen) atoms. The standard InChI is InChI=1S/C14H30N4O2/c1-15-14(16-6-10-19-2)17-12-13-4-7-18(8-5-13)9-11-20-3/h13H,4-12H2,1-3H3,(H2,15,16,17). The van der Waals surface area contributed by atoms with Crippen LogP contribution in [-0.2, 0) is 9.47 Å². The highest BCUT2D eigenvalue weighted by atomic mass is 16.5. The average Bonchev–Trinajstić information content (AvgIpc) is 2.49. The Morgan fingerprint density at radius 3 is 2.45 bits per heavy atom. The van der Waals surface area contributed by atoms with Crippen molar-refractivity contribution < 1.29 is 9.47 Å². The molecule has 0 aromatic carbocycles. The molecule has 0 aliphatic carbocycles. The Balaban J connectivity index is 2.13. The van der Waals surface area contributed by atoms with E-state index in [4.69, 9.17) is 9.47 Å². The van der Waals surface area contributed by atoms with Gasteiger partial charge in [0.2, 0.25) is 0 Å². The van der Waals surface area contributed by atoms with Crippen LogP contribution < -0.4 is 10.6 Å². The Morgan fingerprint density at radius 2 is 1.85 bits per heavy atom. The van der Waals surface area contributed by atoms with Crippen molar-refractivity contribution >= 4 is 5.96 Å². The Hall–Kier alpha value is -0.850. The number of piperidine rings is 1. The van der Waals surface area contributed by atoms with Crippen molar-refractivity contribution in [1.29, 1.82) is 0 Å². The van der Waals surface area contributed by atoms with E-state index >= 15 is 0 Å². The summed E-state index contributed by atoms with van der Waals surface area (Å²) in [5.41, 5.74) is 0. The van der Waals surface area contributed by atoms with Crippen LogP contribution in [0.3, 0.4) is 0 Å². The number of likely N-dealkylation sites (tertiary alicyclic amines) is 1. The molecule has 0 atom stereocenters. The SMILES string of the molecule is CN=C(NCCOC)NCC1CCN(CCOC)CC1. The summed E-state index contributed by atoms with van der Waals surface area (Å²) in [4.78, 5) is 6.69. The fourth-order valence-electron chi connectivity index (χ4n) is 2.37. The molecule has 0 aromatic rings. The van der Waals surface area contributed by atoms with Crippen molar-refractivity contribution in [2.24, 2.45) is 10.9 Å². The molecule has 6 heteroatoms. The highest BCUT2D eigenvalue weighted by molar-refractivity contribution is 5.79. The first-order chi connectivity index (χ1) is 9.80. The first-order valence-electron chi connectivity index (χ1n) is 7.45. The van der Waals surface area contributed by atoms with Crippen LogP contribution >= 0.6 is 0 Å². The lowest BCUT2D eigenvalue weighted by molar-refractivity contribution is 0.121. The molecular weight excluding hydrogens is 256 g/mol. The minimum Gasteiger partial charge on any atom is -0.383 e. The average molecular weight is 286 g/mol. The highest BCUT2D eigenvalue weighted by Crippen LogP contribution is 2.15. The van der Waals surface area contributed by atoms with Crippen molar-refractivity contribution in [3.63, 3.8) is 0 Å². The minimum absolute atomic E-state index is 0.693. The zero-order valence-electron chi connectivity index (χ0n) is 13.2. The molecule has 1 aliphatic heterocycles. The van der Waals surface area contributed by atoms with Gasteiger partial charge in [-0.2, -0.15) is 0 Å². The third kappa shape index (κ3) is 7.07. The summed E-state index contributed by atoms with van der Waals surface area (Å²) in [7, 11) is 5.27. The van der Waals surface area contributed by atoms with E-state index in [0.29, 0.717) is 6.61 Å². The van der Waals surface area contributed by atoms with Gasteiger partial charge in [0.25, 0.3) is 0 Å². The molecule has 1 heterocycles. The van der Waals surface area contributed by atoms with Gasteiger partial charge >= 0.3 is 0 Å². The second kappa shape index (κ2) is 10.9. The zero-order chi connectivity index (χ0) is 14.6. The zero-order valence-corrected chi connectivity index (χ0v) is 13.2. The highest BCUT2D eigenvalue weighted by Gasteiger charge is 2.18. The number of aliphatic imine (C=N–C) groups is 1. The van der Waals surface area contributed by atoms with E-state index in [9.17, 15) is 0 Å². The predicted molar refractivity (Wildman–Crippen MR) is 82.3 cm³/mol. The summed E-state index contributed by atoms with van der Waals surface area (Å²) in [5.74, 6) is 1.60. The largest absolute Gasteiger partial charge is 0.383 e. The molecule has 1 fully saturated rings. The van der Waals surface area contributed by atoms with Crippen LogP contribution in [-0.4, -0.2) is 78.1 Å². The van der Waals surface area contributed by atoms with Crippen LogP contribution in [0.25, 0.3) is 0 Å². The van der Waals surface area contributed by atoms with E-state index in [0.717, 1.165) is 38.1 Å². The summed E-state index contributed by atoms with van der Waals surface area (Å²) in [6, 6.07) is 0. The molecule has 0 saturated carbocycles. The van der Waals surface area contributed by atoms with E-state index < -0.39 is 0 Å². The van der Waals surface area contributed by atoms with Crippen molar-refractivity contribution in [1.82, 2.24) is 15.5 Å². The van der Waals surface area contributed by atoms with E-state index in [1.165, 1.54) is 25.9 Å². The number of rotatable bonds is 8. The van der Waals surface area contributed by atoms with Crippen LogP contribution in [0.15, 0.2) is 4.99 Å². The molecular formula is C14H30N4O2. The molecule has 0 radical (unpaired) electrons. The minimum atomic E-state index is 0.693. The van der Waals surface area contributed by atoms with E-state index in [1.807, 2.05) is 0 Å². The fraction of sp³-hybridized carbons (Fsp3) is 0.929. The predicted octanol–water partition coefficient (Wildman–Crippen LogP) is 0.156. The quantitative estimate of drug-likeness (QED) is 0.378. The fourth-order valence-corrected chi connectivity index (χ4v) is 2.37. The Morgan fingerprint density at radius 1 is 1.15 bits per heavy atom. The maximum atomic E-state index is 5.12. The lowest BCUT2D eigenvalue weighted by Crippen LogP contribution is -2.44. The van der Waals surface area contributed by atoms with Gasteiger partial charge in [0.1, 0.15) is 0 Å². The lowest BCUT2D eigenvalue weighted by atomic mass is 9.97. The number of guanidine groups is 1. The Labute approximate surface area is 122 Å².